The van der Waals surface area contributed by atoms with E-state index in [2.05, 4.69) is 19.9 Å². The predicted octanol–water partition coefficient (Wildman–Crippen LogP) is 3.72. The third-order valence-electron chi connectivity index (χ3n) is 2.86. The molecule has 0 aliphatic carbocycles. The molecule has 2 N–H and O–H groups in total. The van der Waals surface area contributed by atoms with E-state index in [-0.39, 0.29) is 12.4 Å². The predicted molar refractivity (Wildman–Crippen MR) is 71.8 cm³/mol. The van der Waals surface area contributed by atoms with Gasteiger partial charge in [-0.2, -0.15) is 0 Å². The summed E-state index contributed by atoms with van der Waals surface area (Å²) in [6.07, 6.45) is 4.35. The summed E-state index contributed by atoms with van der Waals surface area (Å²) in [7, 11) is 0. The van der Waals surface area contributed by atoms with Crippen molar-refractivity contribution in [3.8, 4) is 5.75 Å². The first kappa shape index (κ1) is 13.8. The first-order chi connectivity index (χ1) is 8.04. The molecule has 2 heteroatoms. The van der Waals surface area contributed by atoms with Gasteiger partial charge in [0.1, 0.15) is 5.75 Å². The quantitative estimate of drug-likeness (QED) is 0.815. The number of benzene rings is 1. The van der Waals surface area contributed by atoms with Gasteiger partial charge in [-0.1, -0.05) is 32.1 Å². The molecule has 0 amide bonds. The Labute approximate surface area is 104 Å². The zero-order valence-corrected chi connectivity index (χ0v) is 10.9. The molecule has 94 valence electrons. The van der Waals surface area contributed by atoms with Gasteiger partial charge in [0.2, 0.25) is 0 Å². The van der Waals surface area contributed by atoms with Crippen LogP contribution in [0.15, 0.2) is 24.3 Å². The molecule has 0 radical (unpaired) electrons. The van der Waals surface area contributed by atoms with Crippen molar-refractivity contribution < 1.29 is 10.2 Å². The van der Waals surface area contributed by atoms with Crippen molar-refractivity contribution in [3.63, 3.8) is 0 Å². The maximum absolute atomic E-state index is 9.85. The molecule has 0 saturated carbocycles. The molecule has 0 unspecified atom stereocenters. The largest absolute Gasteiger partial charge is 0.507 e. The number of aromatic hydroxyl groups is 1. The van der Waals surface area contributed by atoms with Gasteiger partial charge in [-0.25, -0.2) is 0 Å². The fraction of sp³-hybridized carbons (Fsp3) is 0.467. The van der Waals surface area contributed by atoms with Crippen LogP contribution in [-0.2, 0) is 6.61 Å². The van der Waals surface area contributed by atoms with Gasteiger partial charge in [-0.05, 0) is 42.9 Å². The molecule has 0 bridgehead atoms. The zero-order valence-electron chi connectivity index (χ0n) is 10.9. The summed E-state index contributed by atoms with van der Waals surface area (Å²) in [6, 6.07) is 5.33. The Hall–Kier alpha value is -1.28. The van der Waals surface area contributed by atoms with Gasteiger partial charge in [-0.15, -0.1) is 0 Å². The molecule has 1 aromatic carbocycles. The van der Waals surface area contributed by atoms with Crippen molar-refractivity contribution in [2.24, 2.45) is 5.92 Å². The van der Waals surface area contributed by atoms with Crippen LogP contribution >= 0.6 is 0 Å². The molecule has 0 aromatic heterocycles. The Morgan fingerprint density at radius 3 is 2.59 bits per heavy atom. The van der Waals surface area contributed by atoms with E-state index in [9.17, 15) is 5.11 Å². The van der Waals surface area contributed by atoms with E-state index in [0.29, 0.717) is 5.92 Å². The molecular weight excluding hydrogens is 212 g/mol. The molecule has 2 nitrogen and oxygen atoms in total. The number of phenolic OH excluding ortho intramolecular Hbond substituents is 1. The third kappa shape index (κ3) is 4.23. The number of phenols is 1. The first-order valence-electron chi connectivity index (χ1n) is 6.14. The van der Waals surface area contributed by atoms with E-state index in [4.69, 9.17) is 5.11 Å². The average Bonchev–Trinajstić information content (AvgIpc) is 2.28. The number of allylic oxidation sites excluding steroid dienone is 2. The second kappa shape index (κ2) is 6.45. The lowest BCUT2D eigenvalue weighted by Crippen LogP contribution is -1.88. The minimum absolute atomic E-state index is 0.0377. The van der Waals surface area contributed by atoms with Gasteiger partial charge in [0.25, 0.3) is 0 Å². The van der Waals surface area contributed by atoms with Crippen LogP contribution in [0, 0.1) is 5.92 Å². The van der Waals surface area contributed by atoms with Crippen LogP contribution in [0.5, 0.6) is 5.75 Å². The average molecular weight is 234 g/mol. The summed E-state index contributed by atoms with van der Waals surface area (Å²) in [5, 5.41) is 18.8. The van der Waals surface area contributed by atoms with Crippen LogP contribution < -0.4 is 0 Å². The second-order valence-corrected chi connectivity index (χ2v) is 4.87. The van der Waals surface area contributed by atoms with Gasteiger partial charge >= 0.3 is 0 Å². The van der Waals surface area contributed by atoms with Crippen LogP contribution in [0.3, 0.4) is 0 Å². The van der Waals surface area contributed by atoms with Crippen LogP contribution in [0.1, 0.15) is 44.7 Å². The van der Waals surface area contributed by atoms with E-state index in [1.807, 2.05) is 19.1 Å². The van der Waals surface area contributed by atoms with Crippen LogP contribution in [0.25, 0.3) is 5.57 Å². The molecule has 0 aliphatic heterocycles. The number of hydrogen-bond acceptors (Lipinski definition) is 2. The fourth-order valence-corrected chi connectivity index (χ4v) is 1.75. The topological polar surface area (TPSA) is 40.5 Å². The van der Waals surface area contributed by atoms with E-state index in [1.54, 1.807) is 6.07 Å². The molecular formula is C15H22O2. The van der Waals surface area contributed by atoms with Gasteiger partial charge < -0.3 is 10.2 Å². The molecule has 0 fully saturated rings. The van der Waals surface area contributed by atoms with Crippen molar-refractivity contribution in [1.82, 2.24) is 0 Å². The molecule has 0 saturated heterocycles. The van der Waals surface area contributed by atoms with Crippen molar-refractivity contribution >= 4 is 5.57 Å². The van der Waals surface area contributed by atoms with Gasteiger partial charge in [0, 0.05) is 5.56 Å². The monoisotopic (exact) mass is 234 g/mol. The van der Waals surface area contributed by atoms with Crippen molar-refractivity contribution in [1.29, 1.82) is 0 Å². The number of hydrogen-bond donors (Lipinski definition) is 2. The van der Waals surface area contributed by atoms with Crippen LogP contribution in [0.2, 0.25) is 0 Å². The Balaban J connectivity index is 2.78. The highest BCUT2D eigenvalue weighted by Gasteiger charge is 2.04. The maximum atomic E-state index is 9.85. The summed E-state index contributed by atoms with van der Waals surface area (Å²) >= 11 is 0. The Kier molecular flexibility index (Phi) is 5.23. The van der Waals surface area contributed by atoms with Crippen molar-refractivity contribution in [2.45, 2.75) is 40.2 Å². The van der Waals surface area contributed by atoms with Crippen LogP contribution in [0.4, 0.5) is 0 Å². The Morgan fingerprint density at radius 1 is 1.35 bits per heavy atom. The number of aliphatic hydroxyl groups is 1. The lowest BCUT2D eigenvalue weighted by atomic mass is 10.0. The van der Waals surface area contributed by atoms with Crippen molar-refractivity contribution in [2.75, 3.05) is 0 Å². The number of aliphatic hydroxyl groups excluding tert-OH is 1. The Morgan fingerprint density at radius 2 is 2.06 bits per heavy atom. The standard InChI is InChI=1S/C15H22O2/c1-11(2)5-4-6-12(3)14-8-7-13(10-16)9-15(14)17/h6-9,11,16-17H,4-5,10H2,1-3H3/b12-6-. The summed E-state index contributed by atoms with van der Waals surface area (Å²) in [5.74, 6) is 0.944. The van der Waals surface area contributed by atoms with Gasteiger partial charge in [0.05, 0.1) is 6.61 Å². The fourth-order valence-electron chi connectivity index (χ4n) is 1.75. The van der Waals surface area contributed by atoms with E-state index in [1.165, 1.54) is 0 Å². The lowest BCUT2D eigenvalue weighted by Gasteiger charge is -2.07. The highest BCUT2D eigenvalue weighted by molar-refractivity contribution is 5.69. The molecule has 1 aromatic rings. The summed E-state index contributed by atoms with van der Waals surface area (Å²) in [5.41, 5.74) is 2.68. The highest BCUT2D eigenvalue weighted by Crippen LogP contribution is 2.26. The SMILES string of the molecule is C/C(=C/CCC(C)C)c1ccc(CO)cc1O. The molecule has 17 heavy (non-hydrogen) atoms. The number of rotatable bonds is 5. The normalized spacial score (nSPS) is 12.2. The minimum Gasteiger partial charge on any atom is -0.507 e. The van der Waals surface area contributed by atoms with Crippen LogP contribution in [-0.4, -0.2) is 10.2 Å². The van der Waals surface area contributed by atoms with Crippen molar-refractivity contribution in [3.05, 3.63) is 35.4 Å². The molecule has 1 rings (SSSR count). The second-order valence-electron chi connectivity index (χ2n) is 4.87. The minimum atomic E-state index is -0.0377. The Bertz CT molecular complexity index is 392. The molecule has 0 spiro atoms. The van der Waals surface area contributed by atoms with Gasteiger partial charge in [0.15, 0.2) is 0 Å². The molecule has 0 atom stereocenters. The smallest absolute Gasteiger partial charge is 0.123 e. The lowest BCUT2D eigenvalue weighted by molar-refractivity contribution is 0.281. The molecule has 0 heterocycles. The zero-order chi connectivity index (χ0) is 12.8. The van der Waals surface area contributed by atoms with E-state index >= 15 is 0 Å². The summed E-state index contributed by atoms with van der Waals surface area (Å²) in [4.78, 5) is 0. The van der Waals surface area contributed by atoms with E-state index in [0.717, 1.165) is 29.5 Å². The third-order valence-corrected chi connectivity index (χ3v) is 2.86. The summed E-state index contributed by atoms with van der Waals surface area (Å²) < 4.78 is 0. The summed E-state index contributed by atoms with van der Waals surface area (Å²) in [6.45, 7) is 6.38. The van der Waals surface area contributed by atoms with E-state index < -0.39 is 0 Å². The maximum Gasteiger partial charge on any atom is 0.123 e. The highest BCUT2D eigenvalue weighted by atomic mass is 16.3. The first-order valence-corrected chi connectivity index (χ1v) is 6.14. The molecule has 0 aliphatic rings. The van der Waals surface area contributed by atoms with Gasteiger partial charge in [-0.3, -0.25) is 0 Å².